The third-order valence-electron chi connectivity index (χ3n) is 6.80. The lowest BCUT2D eigenvalue weighted by atomic mass is 10.1. The molecule has 2 aromatic heterocycles. The zero-order valence-electron chi connectivity index (χ0n) is 24.3. The Kier molecular flexibility index (Phi) is 10.7. The summed E-state index contributed by atoms with van der Waals surface area (Å²) < 4.78 is 33.3. The number of methoxy groups -OCH3 is 2. The van der Waals surface area contributed by atoms with Gasteiger partial charge in [-0.1, -0.05) is 0 Å². The van der Waals surface area contributed by atoms with Gasteiger partial charge in [-0.25, -0.2) is 9.37 Å². The fourth-order valence-electron chi connectivity index (χ4n) is 4.47. The molecule has 4 rings (SSSR count). The van der Waals surface area contributed by atoms with Crippen molar-refractivity contribution in [2.75, 3.05) is 34.4 Å². The zero-order valence-corrected chi connectivity index (χ0v) is 25.9. The fourth-order valence-corrected chi connectivity index (χ4v) is 6.50. The number of thiophene rings is 1. The van der Waals surface area contributed by atoms with E-state index < -0.39 is 23.5 Å². The van der Waals surface area contributed by atoms with Gasteiger partial charge in [0.15, 0.2) is 28.1 Å². The van der Waals surface area contributed by atoms with Crippen molar-refractivity contribution in [3.63, 3.8) is 0 Å². The SMILES string of the molecule is COc1cc2sc(C(=O)N(C)CCC(=O)O)cc2cc1CCCCOc1c(OC)cc2sc(C(=O)CCC(=O)O)nc2c1F. The highest BCUT2D eigenvalue weighted by molar-refractivity contribution is 7.21. The van der Waals surface area contributed by atoms with E-state index in [9.17, 15) is 19.2 Å². The van der Waals surface area contributed by atoms with E-state index in [1.807, 2.05) is 12.1 Å². The number of unbranched alkanes of at least 4 members (excludes halogenated alkanes) is 1. The Morgan fingerprint density at radius 1 is 0.909 bits per heavy atom. The third kappa shape index (κ3) is 7.61. The van der Waals surface area contributed by atoms with Gasteiger partial charge in [0.2, 0.25) is 0 Å². The lowest BCUT2D eigenvalue weighted by molar-refractivity contribution is -0.138. The lowest BCUT2D eigenvalue weighted by Gasteiger charge is -2.14. The number of ketones is 1. The first-order valence-corrected chi connectivity index (χ1v) is 15.3. The molecule has 44 heavy (non-hydrogen) atoms. The highest BCUT2D eigenvalue weighted by Crippen LogP contribution is 2.39. The zero-order chi connectivity index (χ0) is 32.0. The van der Waals surface area contributed by atoms with Crippen LogP contribution in [0.5, 0.6) is 17.2 Å². The molecule has 234 valence electrons. The van der Waals surface area contributed by atoms with Crippen LogP contribution in [0.1, 0.15) is 57.1 Å². The second-order valence-electron chi connectivity index (χ2n) is 9.89. The number of hydrogen-bond acceptors (Lipinski definition) is 10. The van der Waals surface area contributed by atoms with Gasteiger partial charge >= 0.3 is 11.9 Å². The molecule has 1 amide bonds. The van der Waals surface area contributed by atoms with Gasteiger partial charge in [-0.2, -0.15) is 0 Å². The summed E-state index contributed by atoms with van der Waals surface area (Å²) in [7, 11) is 4.53. The van der Waals surface area contributed by atoms with E-state index in [1.54, 1.807) is 26.3 Å². The van der Waals surface area contributed by atoms with E-state index in [0.717, 1.165) is 27.0 Å². The van der Waals surface area contributed by atoms with Gasteiger partial charge in [-0.05, 0) is 48.4 Å². The number of carboxylic acid groups (broad SMARTS) is 2. The van der Waals surface area contributed by atoms with Crippen LogP contribution in [0, 0.1) is 5.82 Å². The summed E-state index contributed by atoms with van der Waals surface area (Å²) in [6.45, 7) is 0.291. The molecule has 2 N–H and O–H groups in total. The quantitative estimate of drug-likeness (QED) is 0.115. The second kappa shape index (κ2) is 14.4. The number of thiazole rings is 1. The number of fused-ring (bicyclic) bond motifs is 2. The predicted octanol–water partition coefficient (Wildman–Crippen LogP) is 5.66. The molecule has 2 aromatic carbocycles. The number of aliphatic carboxylic acids is 2. The number of Topliss-reactive ketones (excluding diaryl/α,β-unsaturated/α-hetero) is 1. The van der Waals surface area contributed by atoms with Gasteiger partial charge in [-0.15, -0.1) is 22.7 Å². The summed E-state index contributed by atoms with van der Waals surface area (Å²) in [4.78, 5) is 52.7. The molecule has 0 aliphatic carbocycles. The Morgan fingerprint density at radius 2 is 1.61 bits per heavy atom. The first-order valence-electron chi connectivity index (χ1n) is 13.6. The van der Waals surface area contributed by atoms with Crippen molar-refractivity contribution < 1.29 is 48.0 Å². The molecule has 0 spiro atoms. The Hall–Kier alpha value is -4.30. The van der Waals surface area contributed by atoms with Crippen LogP contribution in [0.15, 0.2) is 24.3 Å². The van der Waals surface area contributed by atoms with Crippen molar-refractivity contribution in [2.45, 2.75) is 38.5 Å². The van der Waals surface area contributed by atoms with Crippen molar-refractivity contribution in [2.24, 2.45) is 0 Å². The maximum atomic E-state index is 15.4. The number of benzene rings is 2. The average Bonchev–Trinajstić information content (AvgIpc) is 3.62. The first-order chi connectivity index (χ1) is 21.0. The largest absolute Gasteiger partial charge is 0.496 e. The third-order valence-corrected chi connectivity index (χ3v) is 8.93. The minimum Gasteiger partial charge on any atom is -0.496 e. The highest BCUT2D eigenvalue weighted by Gasteiger charge is 2.22. The number of carbonyl (C=O) groups excluding carboxylic acids is 2. The molecule has 0 bridgehead atoms. The van der Waals surface area contributed by atoms with E-state index in [1.165, 1.54) is 23.3 Å². The number of aromatic nitrogens is 1. The van der Waals surface area contributed by atoms with Crippen LogP contribution in [0.3, 0.4) is 0 Å². The molecule has 0 aliphatic heterocycles. The van der Waals surface area contributed by atoms with Crippen molar-refractivity contribution in [1.82, 2.24) is 9.88 Å². The summed E-state index contributed by atoms with van der Waals surface area (Å²) in [6, 6.07) is 7.18. The molecule has 0 unspecified atom stereocenters. The topological polar surface area (TPSA) is 153 Å². The number of halogens is 1. The molecular formula is C30H31FN2O9S2. The van der Waals surface area contributed by atoms with Crippen LogP contribution in [-0.4, -0.2) is 78.1 Å². The molecule has 14 heteroatoms. The molecule has 2 heterocycles. The Labute approximate surface area is 259 Å². The first kappa shape index (κ1) is 32.6. The minimum absolute atomic E-state index is 0.0255. The molecule has 11 nitrogen and oxygen atoms in total. The van der Waals surface area contributed by atoms with E-state index in [4.69, 9.17) is 24.4 Å². The number of carboxylic acids is 2. The van der Waals surface area contributed by atoms with Crippen LogP contribution >= 0.6 is 22.7 Å². The summed E-state index contributed by atoms with van der Waals surface area (Å²) >= 11 is 2.28. The number of rotatable bonds is 16. The van der Waals surface area contributed by atoms with Crippen LogP contribution in [0.2, 0.25) is 0 Å². The molecule has 0 fully saturated rings. The number of aryl methyl sites for hydroxylation is 1. The minimum atomic E-state index is -1.10. The smallest absolute Gasteiger partial charge is 0.305 e. The normalized spacial score (nSPS) is 11.1. The number of carbonyl (C=O) groups is 4. The van der Waals surface area contributed by atoms with Gasteiger partial charge < -0.3 is 29.3 Å². The lowest BCUT2D eigenvalue weighted by Crippen LogP contribution is -2.28. The molecule has 0 radical (unpaired) electrons. The average molecular weight is 647 g/mol. The highest BCUT2D eigenvalue weighted by atomic mass is 32.1. The summed E-state index contributed by atoms with van der Waals surface area (Å²) in [5, 5.41) is 18.6. The van der Waals surface area contributed by atoms with Crippen molar-refractivity contribution in [3.8, 4) is 17.2 Å². The molecular weight excluding hydrogens is 615 g/mol. The van der Waals surface area contributed by atoms with Gasteiger partial charge in [0.1, 0.15) is 11.3 Å². The summed E-state index contributed by atoms with van der Waals surface area (Å²) in [6.07, 6.45) is 1.18. The van der Waals surface area contributed by atoms with Gasteiger partial charge in [0.25, 0.3) is 5.91 Å². The van der Waals surface area contributed by atoms with Crippen molar-refractivity contribution in [3.05, 3.63) is 45.5 Å². The maximum absolute atomic E-state index is 15.4. The number of nitrogens with zero attached hydrogens (tertiary/aromatic N) is 2. The van der Waals surface area contributed by atoms with E-state index in [2.05, 4.69) is 4.98 Å². The Morgan fingerprint density at radius 3 is 2.30 bits per heavy atom. The van der Waals surface area contributed by atoms with Crippen LogP contribution in [-0.2, 0) is 16.0 Å². The van der Waals surface area contributed by atoms with Gasteiger partial charge in [0.05, 0.1) is 43.2 Å². The van der Waals surface area contributed by atoms with Crippen LogP contribution in [0.25, 0.3) is 20.3 Å². The monoisotopic (exact) mass is 646 g/mol. The summed E-state index contributed by atoms with van der Waals surface area (Å²) in [5.41, 5.74) is 0.896. The van der Waals surface area contributed by atoms with E-state index >= 15 is 4.39 Å². The molecule has 0 saturated carbocycles. The Balaban J connectivity index is 1.40. The predicted molar refractivity (Wildman–Crippen MR) is 163 cm³/mol. The van der Waals surface area contributed by atoms with Gasteiger partial charge in [0, 0.05) is 30.8 Å². The molecule has 0 aliphatic rings. The number of ether oxygens (including phenoxy) is 3. The van der Waals surface area contributed by atoms with Gasteiger partial charge in [-0.3, -0.25) is 19.2 Å². The molecule has 4 aromatic rings. The molecule has 0 saturated heterocycles. The maximum Gasteiger partial charge on any atom is 0.305 e. The van der Waals surface area contributed by atoms with Crippen LogP contribution < -0.4 is 14.2 Å². The molecule has 0 atom stereocenters. The standard InChI is InChI=1S/C30H31FN2O9S2/c1-33(10-9-25(37)38)30(39)23-13-17-12-16(19(40-2)14-21(17)43-23)6-4-5-11-42-28-20(41-3)15-22-27(26(28)31)32-29(44-22)18(34)7-8-24(35)36/h12-15H,4-11H2,1-3H3,(H,35,36)(H,37,38). The number of hydrogen-bond donors (Lipinski definition) is 2. The summed E-state index contributed by atoms with van der Waals surface area (Å²) in [5.74, 6) is -2.83. The Bertz CT molecular complexity index is 1720. The van der Waals surface area contributed by atoms with E-state index in [-0.39, 0.29) is 60.3 Å². The van der Waals surface area contributed by atoms with Crippen molar-refractivity contribution in [1.29, 1.82) is 0 Å². The van der Waals surface area contributed by atoms with E-state index in [0.29, 0.717) is 34.6 Å². The fraction of sp³-hybridized carbons (Fsp3) is 0.367. The van der Waals surface area contributed by atoms with Crippen molar-refractivity contribution >= 4 is 66.6 Å². The number of amides is 1. The van der Waals surface area contributed by atoms with Crippen LogP contribution in [0.4, 0.5) is 4.39 Å². The second-order valence-corrected chi connectivity index (χ2v) is 12.0.